The highest BCUT2D eigenvalue weighted by molar-refractivity contribution is 7.99. The molecule has 0 unspecified atom stereocenters. The van der Waals surface area contributed by atoms with Gasteiger partial charge in [-0.15, -0.1) is 0 Å². The van der Waals surface area contributed by atoms with Crippen molar-refractivity contribution in [1.82, 2.24) is 24.9 Å². The van der Waals surface area contributed by atoms with Crippen LogP contribution in [0.3, 0.4) is 0 Å². The zero-order chi connectivity index (χ0) is 23.3. The summed E-state index contributed by atoms with van der Waals surface area (Å²) in [5.74, 6) is 1.18. The molecule has 0 saturated carbocycles. The number of hydrogen-bond acceptors (Lipinski definition) is 9. The van der Waals surface area contributed by atoms with Crippen molar-refractivity contribution in [3.8, 4) is 0 Å². The lowest BCUT2D eigenvalue weighted by Crippen LogP contribution is -2.44. The third-order valence-corrected chi connectivity index (χ3v) is 8.49. The highest BCUT2D eigenvalue weighted by Crippen LogP contribution is 2.50. The number of pyridine rings is 3. The molecule has 4 aromatic heterocycles. The molecule has 1 spiro atoms. The SMILES string of the molecule is Nc1nccc(Sc2ccc3nc(N4CCC5(CC4)Cc4ncccc4[C@H]5N)cnc3n2)c1Cl. The van der Waals surface area contributed by atoms with Crippen LogP contribution in [0.4, 0.5) is 11.6 Å². The second kappa shape index (κ2) is 8.33. The van der Waals surface area contributed by atoms with Crippen molar-refractivity contribution in [2.45, 2.75) is 35.2 Å². The molecule has 1 aliphatic carbocycles. The zero-order valence-corrected chi connectivity index (χ0v) is 19.9. The van der Waals surface area contributed by atoms with Crippen molar-refractivity contribution in [2.75, 3.05) is 23.7 Å². The minimum atomic E-state index is 0.0467. The molecule has 1 atom stereocenters. The molecule has 8 nitrogen and oxygen atoms in total. The third-order valence-electron chi connectivity index (χ3n) is 6.98. The molecule has 4 N–H and O–H groups in total. The maximum Gasteiger partial charge on any atom is 0.179 e. The van der Waals surface area contributed by atoms with E-state index >= 15 is 0 Å². The Morgan fingerprint density at radius 3 is 2.71 bits per heavy atom. The first kappa shape index (κ1) is 21.5. The number of aromatic nitrogens is 5. The second-order valence-electron chi connectivity index (χ2n) is 8.87. The minimum absolute atomic E-state index is 0.0467. The lowest BCUT2D eigenvalue weighted by atomic mass is 9.73. The predicted molar refractivity (Wildman–Crippen MR) is 134 cm³/mol. The van der Waals surface area contributed by atoms with E-state index in [1.54, 1.807) is 6.20 Å². The molecule has 1 aliphatic heterocycles. The lowest BCUT2D eigenvalue weighted by Gasteiger charge is -2.42. The fraction of sp³-hybridized carbons (Fsp3) is 0.292. The molecule has 0 aromatic carbocycles. The van der Waals surface area contributed by atoms with Gasteiger partial charge in [0.15, 0.2) is 5.65 Å². The first-order chi connectivity index (χ1) is 16.5. The molecule has 0 radical (unpaired) electrons. The smallest absolute Gasteiger partial charge is 0.179 e. The standard InChI is InChI=1S/C24H23ClN8S/c25-20-17(5-9-29-22(20)27)34-19-4-3-15-23(32-19)30-13-18(31-15)33-10-6-24(7-11-33)12-16-14(21(24)26)2-1-8-28-16/h1-5,8-9,13,21H,6-7,10-12,26H2,(H2,27,29)/t21-/m1/s1. The van der Waals surface area contributed by atoms with Gasteiger partial charge in [0.05, 0.1) is 11.2 Å². The molecule has 4 aromatic rings. The highest BCUT2D eigenvalue weighted by atomic mass is 35.5. The van der Waals surface area contributed by atoms with Crippen molar-refractivity contribution in [3.63, 3.8) is 0 Å². The number of nitrogen functional groups attached to an aromatic ring is 1. The van der Waals surface area contributed by atoms with Crippen molar-refractivity contribution in [3.05, 3.63) is 65.2 Å². The maximum atomic E-state index is 6.69. The monoisotopic (exact) mass is 490 g/mol. The van der Waals surface area contributed by atoms with E-state index in [9.17, 15) is 0 Å². The Labute approximate surface area is 206 Å². The zero-order valence-electron chi connectivity index (χ0n) is 18.4. The number of hydrogen-bond donors (Lipinski definition) is 2. The summed E-state index contributed by atoms with van der Waals surface area (Å²) in [5.41, 5.74) is 16.3. The molecule has 0 amide bonds. The van der Waals surface area contributed by atoms with Gasteiger partial charge in [-0.25, -0.2) is 19.9 Å². The average molecular weight is 491 g/mol. The molecular formula is C24H23ClN8S. The van der Waals surface area contributed by atoms with Crippen LogP contribution < -0.4 is 16.4 Å². The molecular weight excluding hydrogens is 468 g/mol. The van der Waals surface area contributed by atoms with Crippen LogP contribution in [0.15, 0.2) is 58.8 Å². The van der Waals surface area contributed by atoms with Gasteiger partial charge in [0.2, 0.25) is 0 Å². The van der Waals surface area contributed by atoms with Crippen molar-refractivity contribution < 1.29 is 0 Å². The molecule has 1 fully saturated rings. The van der Waals surface area contributed by atoms with E-state index in [-0.39, 0.29) is 11.5 Å². The second-order valence-corrected chi connectivity index (χ2v) is 10.3. The largest absolute Gasteiger partial charge is 0.382 e. The maximum absolute atomic E-state index is 6.69. The Balaban J connectivity index is 1.18. The number of rotatable bonds is 3. The van der Waals surface area contributed by atoms with Crippen LogP contribution in [0.25, 0.3) is 11.2 Å². The lowest BCUT2D eigenvalue weighted by molar-refractivity contribution is 0.186. The molecule has 34 heavy (non-hydrogen) atoms. The van der Waals surface area contributed by atoms with Gasteiger partial charge < -0.3 is 16.4 Å². The van der Waals surface area contributed by atoms with E-state index in [2.05, 4.69) is 30.9 Å². The predicted octanol–water partition coefficient (Wildman–Crippen LogP) is 4.04. The van der Waals surface area contributed by atoms with Gasteiger partial charge in [0.1, 0.15) is 22.2 Å². The van der Waals surface area contributed by atoms with Gasteiger partial charge in [0.25, 0.3) is 0 Å². The Hall–Kier alpha value is -3.01. The van der Waals surface area contributed by atoms with E-state index in [1.165, 1.54) is 17.3 Å². The van der Waals surface area contributed by atoms with E-state index < -0.39 is 0 Å². The Morgan fingerprint density at radius 1 is 1.03 bits per heavy atom. The van der Waals surface area contributed by atoms with E-state index in [1.807, 2.05) is 36.7 Å². The fourth-order valence-corrected chi connectivity index (χ4v) is 6.09. The summed E-state index contributed by atoms with van der Waals surface area (Å²) in [7, 11) is 0. The molecule has 1 saturated heterocycles. The number of piperidine rings is 1. The van der Waals surface area contributed by atoms with Crippen LogP contribution >= 0.6 is 23.4 Å². The summed E-state index contributed by atoms with van der Waals surface area (Å²) >= 11 is 7.69. The number of fused-ring (bicyclic) bond motifs is 2. The highest BCUT2D eigenvalue weighted by Gasteiger charge is 2.46. The van der Waals surface area contributed by atoms with Crippen molar-refractivity contribution in [1.29, 1.82) is 0 Å². The summed E-state index contributed by atoms with van der Waals surface area (Å²) in [6.45, 7) is 1.79. The van der Waals surface area contributed by atoms with Crippen LogP contribution in [0, 0.1) is 5.41 Å². The van der Waals surface area contributed by atoms with Crippen LogP contribution in [0.5, 0.6) is 0 Å². The first-order valence-electron chi connectivity index (χ1n) is 11.2. The minimum Gasteiger partial charge on any atom is -0.382 e. The Morgan fingerprint density at radius 2 is 1.88 bits per heavy atom. The van der Waals surface area contributed by atoms with Crippen LogP contribution in [-0.2, 0) is 6.42 Å². The van der Waals surface area contributed by atoms with Crippen LogP contribution in [0.2, 0.25) is 5.02 Å². The normalized spacial score (nSPS) is 19.0. The summed E-state index contributed by atoms with van der Waals surface area (Å²) in [5, 5.41) is 1.20. The van der Waals surface area contributed by atoms with Crippen molar-refractivity contribution >= 4 is 46.2 Å². The van der Waals surface area contributed by atoms with Gasteiger partial charge in [-0.05, 0) is 54.5 Å². The van der Waals surface area contributed by atoms with Crippen LogP contribution in [-0.4, -0.2) is 38.0 Å². The first-order valence-corrected chi connectivity index (χ1v) is 12.4. The quantitative estimate of drug-likeness (QED) is 0.438. The number of nitrogens with zero attached hydrogens (tertiary/aromatic N) is 6. The van der Waals surface area contributed by atoms with Gasteiger partial charge in [-0.3, -0.25) is 4.98 Å². The Bertz CT molecular complexity index is 1390. The number of halogens is 1. The molecule has 5 heterocycles. The summed E-state index contributed by atoms with van der Waals surface area (Å²) in [6.07, 6.45) is 8.28. The topological polar surface area (TPSA) is 120 Å². The van der Waals surface area contributed by atoms with Gasteiger partial charge in [-0.2, -0.15) is 0 Å². The molecule has 0 bridgehead atoms. The number of anilines is 2. The van der Waals surface area contributed by atoms with E-state index in [0.29, 0.717) is 16.5 Å². The Kier molecular flexibility index (Phi) is 5.28. The van der Waals surface area contributed by atoms with Crippen molar-refractivity contribution in [2.24, 2.45) is 11.1 Å². The van der Waals surface area contributed by atoms with Crippen LogP contribution in [0.1, 0.15) is 30.1 Å². The summed E-state index contributed by atoms with van der Waals surface area (Å²) in [4.78, 5) is 25.8. The fourth-order valence-electron chi connectivity index (χ4n) is 5.04. The van der Waals surface area contributed by atoms with Gasteiger partial charge >= 0.3 is 0 Å². The van der Waals surface area contributed by atoms with Gasteiger partial charge in [0, 0.05) is 42.1 Å². The summed E-state index contributed by atoms with van der Waals surface area (Å²) < 4.78 is 0. The molecule has 172 valence electrons. The molecule has 6 rings (SSSR count). The third kappa shape index (κ3) is 3.64. The van der Waals surface area contributed by atoms with Gasteiger partial charge in [-0.1, -0.05) is 29.4 Å². The van der Waals surface area contributed by atoms with E-state index in [4.69, 9.17) is 28.1 Å². The number of nitrogens with two attached hydrogens (primary N) is 2. The average Bonchev–Trinajstić information content (AvgIpc) is 3.13. The molecule has 2 aliphatic rings. The summed E-state index contributed by atoms with van der Waals surface area (Å²) in [6, 6.07) is 9.84. The van der Waals surface area contributed by atoms with E-state index in [0.717, 1.165) is 59.3 Å². The molecule has 10 heteroatoms.